The predicted octanol–water partition coefficient (Wildman–Crippen LogP) is -3.55. The highest BCUT2D eigenvalue weighted by molar-refractivity contribution is 5.83. The zero-order valence-electron chi connectivity index (χ0n) is 12.8. The number of carbonyl (C=O) groups excluding carboxylic acids is 2. The van der Waals surface area contributed by atoms with Crippen molar-refractivity contribution in [3.05, 3.63) is 0 Å². The van der Waals surface area contributed by atoms with Crippen LogP contribution in [0.2, 0.25) is 0 Å². The lowest BCUT2D eigenvalue weighted by Gasteiger charge is -2.39. The topological polar surface area (TPSA) is 158 Å². The molecule has 0 bridgehead atoms. The molecule has 2 unspecified atom stereocenters. The van der Waals surface area contributed by atoms with Crippen LogP contribution in [0.15, 0.2) is 0 Å². The molecule has 0 saturated carbocycles. The van der Waals surface area contributed by atoms with Crippen molar-refractivity contribution in [1.29, 1.82) is 0 Å². The van der Waals surface area contributed by atoms with Crippen molar-refractivity contribution >= 4 is 11.8 Å². The number of aliphatic hydroxyl groups excluding tert-OH is 4. The fourth-order valence-corrected chi connectivity index (χ4v) is 2.01. The van der Waals surface area contributed by atoms with Gasteiger partial charge in [0.2, 0.25) is 11.8 Å². The summed E-state index contributed by atoms with van der Waals surface area (Å²) in [6.45, 7) is -0.447. The number of ether oxygens (including phenoxy) is 2. The Morgan fingerprint density at radius 1 is 1.09 bits per heavy atom. The van der Waals surface area contributed by atoms with Crippen molar-refractivity contribution in [2.24, 2.45) is 0 Å². The first-order chi connectivity index (χ1) is 10.9. The van der Waals surface area contributed by atoms with E-state index in [0.717, 1.165) is 0 Å². The highest BCUT2D eigenvalue weighted by Crippen LogP contribution is 2.21. The molecule has 23 heavy (non-hydrogen) atoms. The van der Waals surface area contributed by atoms with Crippen LogP contribution in [0.25, 0.3) is 0 Å². The third kappa shape index (κ3) is 6.01. The second kappa shape index (κ2) is 9.75. The Kier molecular flexibility index (Phi) is 8.37. The number of carbonyl (C=O) groups is 2. The molecular formula is C13H24N2O8. The lowest BCUT2D eigenvalue weighted by molar-refractivity contribution is -0.300. The molecule has 5 atom stereocenters. The van der Waals surface area contributed by atoms with Gasteiger partial charge in [0.05, 0.1) is 13.2 Å². The van der Waals surface area contributed by atoms with E-state index in [1.807, 2.05) is 0 Å². The van der Waals surface area contributed by atoms with Crippen molar-refractivity contribution in [1.82, 2.24) is 10.6 Å². The maximum absolute atomic E-state index is 11.4. The zero-order valence-corrected chi connectivity index (χ0v) is 12.8. The summed E-state index contributed by atoms with van der Waals surface area (Å²) < 4.78 is 10.3. The molecule has 0 aromatic heterocycles. The number of hydrogen-bond acceptors (Lipinski definition) is 8. The second-order valence-corrected chi connectivity index (χ2v) is 5.09. The average molecular weight is 336 g/mol. The first kappa shape index (κ1) is 19.7. The van der Waals surface area contributed by atoms with Gasteiger partial charge >= 0.3 is 0 Å². The van der Waals surface area contributed by atoms with Gasteiger partial charge in [0.15, 0.2) is 6.29 Å². The van der Waals surface area contributed by atoms with E-state index < -0.39 is 37.3 Å². The predicted molar refractivity (Wildman–Crippen MR) is 76.0 cm³/mol. The van der Waals surface area contributed by atoms with Gasteiger partial charge in [0.25, 0.3) is 0 Å². The minimum atomic E-state index is -1.51. The number of amides is 2. The van der Waals surface area contributed by atoms with Crippen molar-refractivity contribution in [2.75, 3.05) is 26.8 Å². The summed E-state index contributed by atoms with van der Waals surface area (Å²) in [7, 11) is 1.48. The molecule has 1 aliphatic rings. The number of aliphatic hydroxyl groups is 4. The Balaban J connectivity index is 2.26. The SMILES string of the molecule is CNC(=O)CCC(=O)NCCO[C@@H]1OC(CO)[C@H](O)[C@H](O)C1O. The molecule has 1 heterocycles. The summed E-state index contributed by atoms with van der Waals surface area (Å²) in [5, 5.41) is 42.9. The third-order valence-electron chi connectivity index (χ3n) is 3.41. The van der Waals surface area contributed by atoms with Gasteiger partial charge < -0.3 is 40.5 Å². The van der Waals surface area contributed by atoms with Crippen LogP contribution in [0.4, 0.5) is 0 Å². The third-order valence-corrected chi connectivity index (χ3v) is 3.41. The van der Waals surface area contributed by atoms with Crippen LogP contribution >= 0.6 is 0 Å². The smallest absolute Gasteiger partial charge is 0.220 e. The van der Waals surface area contributed by atoms with E-state index in [4.69, 9.17) is 14.6 Å². The van der Waals surface area contributed by atoms with Gasteiger partial charge in [0, 0.05) is 26.4 Å². The lowest BCUT2D eigenvalue weighted by Crippen LogP contribution is -2.59. The summed E-state index contributed by atoms with van der Waals surface area (Å²) >= 11 is 0. The van der Waals surface area contributed by atoms with Crippen LogP contribution < -0.4 is 10.6 Å². The molecular weight excluding hydrogens is 312 g/mol. The minimum absolute atomic E-state index is 0.0194. The number of nitrogens with one attached hydrogen (secondary N) is 2. The largest absolute Gasteiger partial charge is 0.394 e. The first-order valence-corrected chi connectivity index (χ1v) is 7.30. The van der Waals surface area contributed by atoms with E-state index in [1.165, 1.54) is 7.05 Å². The molecule has 1 rings (SSSR count). The zero-order chi connectivity index (χ0) is 17.4. The van der Waals surface area contributed by atoms with Crippen LogP contribution in [0.5, 0.6) is 0 Å². The minimum Gasteiger partial charge on any atom is -0.394 e. The summed E-state index contributed by atoms with van der Waals surface area (Å²) in [6.07, 6.45) is -6.58. The summed E-state index contributed by atoms with van der Waals surface area (Å²) in [5.74, 6) is -0.566. The molecule has 2 amide bonds. The van der Waals surface area contributed by atoms with Gasteiger partial charge in [-0.15, -0.1) is 0 Å². The Morgan fingerprint density at radius 2 is 1.74 bits per heavy atom. The van der Waals surface area contributed by atoms with Crippen molar-refractivity contribution in [3.63, 3.8) is 0 Å². The van der Waals surface area contributed by atoms with E-state index in [0.29, 0.717) is 0 Å². The summed E-state index contributed by atoms with van der Waals surface area (Å²) in [5.41, 5.74) is 0. The van der Waals surface area contributed by atoms with Crippen molar-refractivity contribution in [2.45, 2.75) is 43.5 Å². The fraction of sp³-hybridized carbons (Fsp3) is 0.846. The molecule has 1 saturated heterocycles. The molecule has 10 nitrogen and oxygen atoms in total. The summed E-state index contributed by atoms with van der Waals surface area (Å²) in [6, 6.07) is 0. The quantitative estimate of drug-likeness (QED) is 0.249. The normalized spacial score (nSPS) is 30.7. The van der Waals surface area contributed by atoms with E-state index in [-0.39, 0.29) is 37.8 Å². The van der Waals surface area contributed by atoms with Crippen LogP contribution in [-0.2, 0) is 19.1 Å². The van der Waals surface area contributed by atoms with Gasteiger partial charge in [-0.05, 0) is 0 Å². The second-order valence-electron chi connectivity index (χ2n) is 5.09. The van der Waals surface area contributed by atoms with Crippen LogP contribution in [0, 0.1) is 0 Å². The fourth-order valence-electron chi connectivity index (χ4n) is 2.01. The van der Waals surface area contributed by atoms with Crippen LogP contribution in [0.1, 0.15) is 12.8 Å². The molecule has 134 valence electrons. The molecule has 0 aromatic rings. The number of rotatable bonds is 8. The molecule has 1 fully saturated rings. The van der Waals surface area contributed by atoms with Gasteiger partial charge in [0.1, 0.15) is 24.4 Å². The van der Waals surface area contributed by atoms with Gasteiger partial charge in [-0.25, -0.2) is 0 Å². The van der Waals surface area contributed by atoms with Gasteiger partial charge in [-0.2, -0.15) is 0 Å². The molecule has 10 heteroatoms. The van der Waals surface area contributed by atoms with E-state index in [9.17, 15) is 24.9 Å². The Labute approximate surface area is 133 Å². The van der Waals surface area contributed by atoms with E-state index >= 15 is 0 Å². The average Bonchev–Trinajstić information content (AvgIpc) is 2.56. The van der Waals surface area contributed by atoms with Gasteiger partial charge in [-0.3, -0.25) is 9.59 Å². The van der Waals surface area contributed by atoms with Crippen LogP contribution in [-0.4, -0.2) is 89.8 Å². The highest BCUT2D eigenvalue weighted by Gasteiger charge is 2.43. The standard InChI is InChI=1S/C13H24N2O8/c1-14-8(17)2-3-9(18)15-4-5-22-13-12(21)11(20)10(19)7(6-16)23-13/h7,10-13,16,19-21H,2-6H2,1H3,(H,14,17)(H,15,18)/t7?,10-,11-,12?,13+/m0/s1. The molecule has 0 aromatic carbocycles. The number of hydrogen-bond donors (Lipinski definition) is 6. The molecule has 0 aliphatic carbocycles. The first-order valence-electron chi connectivity index (χ1n) is 7.30. The van der Waals surface area contributed by atoms with Gasteiger partial charge in [-0.1, -0.05) is 0 Å². The van der Waals surface area contributed by atoms with E-state index in [1.54, 1.807) is 0 Å². The maximum Gasteiger partial charge on any atom is 0.220 e. The summed E-state index contributed by atoms with van der Waals surface area (Å²) in [4.78, 5) is 22.4. The monoisotopic (exact) mass is 336 g/mol. The van der Waals surface area contributed by atoms with Crippen molar-refractivity contribution in [3.8, 4) is 0 Å². The molecule has 0 radical (unpaired) electrons. The molecule has 1 aliphatic heterocycles. The highest BCUT2D eigenvalue weighted by atomic mass is 16.7. The molecule has 0 spiro atoms. The Bertz CT molecular complexity index is 392. The van der Waals surface area contributed by atoms with Crippen molar-refractivity contribution < 1.29 is 39.5 Å². The molecule has 6 N–H and O–H groups in total. The lowest BCUT2D eigenvalue weighted by atomic mass is 9.99. The van der Waals surface area contributed by atoms with E-state index in [2.05, 4.69) is 10.6 Å². The van der Waals surface area contributed by atoms with Crippen LogP contribution in [0.3, 0.4) is 0 Å². The maximum atomic E-state index is 11.4. The Morgan fingerprint density at radius 3 is 2.35 bits per heavy atom. The Hall–Kier alpha value is -1.30.